The zero-order chi connectivity index (χ0) is 14.8. The lowest BCUT2D eigenvalue weighted by Gasteiger charge is -2.31. The van der Waals surface area contributed by atoms with E-state index in [0.29, 0.717) is 5.88 Å². The summed E-state index contributed by atoms with van der Waals surface area (Å²) in [7, 11) is 0. The number of nitrogens with one attached hydrogen (secondary N) is 1. The Bertz CT molecular complexity index is 671. The van der Waals surface area contributed by atoms with Gasteiger partial charge in [0.15, 0.2) is 0 Å². The molecule has 0 radical (unpaired) electrons. The van der Waals surface area contributed by atoms with Crippen LogP contribution in [0.1, 0.15) is 17.7 Å². The van der Waals surface area contributed by atoms with Gasteiger partial charge in [-0.05, 0) is 37.5 Å². The van der Waals surface area contributed by atoms with Crippen molar-refractivity contribution in [2.45, 2.75) is 19.8 Å². The monoisotopic (exact) mass is 322 g/mol. The van der Waals surface area contributed by atoms with Crippen LogP contribution in [0, 0.1) is 6.92 Å². The average Bonchev–Trinajstić information content (AvgIpc) is 2.85. The fourth-order valence-corrected chi connectivity index (χ4v) is 2.66. The van der Waals surface area contributed by atoms with Crippen LogP contribution in [0.4, 0.5) is 17.3 Å². The topological polar surface area (TPSA) is 84.4 Å². The van der Waals surface area contributed by atoms with Gasteiger partial charge in [0.2, 0.25) is 11.8 Å². The molecule has 0 spiro atoms. The Hall–Kier alpha value is -2.21. The molecule has 7 heteroatoms. The summed E-state index contributed by atoms with van der Waals surface area (Å²) in [4.78, 5) is 14.2. The number of hydrogen-bond acceptors (Lipinski definition) is 5. The second-order valence-corrected chi connectivity index (χ2v) is 5.25. The molecule has 1 amide bonds. The first-order valence-electron chi connectivity index (χ1n) is 6.99. The number of fused-ring (bicyclic) bond motifs is 1. The maximum Gasteiger partial charge on any atom is 0.246 e. The minimum absolute atomic E-state index is 0. The van der Waals surface area contributed by atoms with Crippen molar-refractivity contribution in [1.82, 2.24) is 5.16 Å². The Balaban J connectivity index is 0.00000176. The highest BCUT2D eigenvalue weighted by atomic mass is 35.5. The van der Waals surface area contributed by atoms with E-state index >= 15 is 0 Å². The quantitative estimate of drug-likeness (QED) is 0.847. The summed E-state index contributed by atoms with van der Waals surface area (Å²) in [5.74, 6) is 0.253. The molecule has 0 unspecified atom stereocenters. The lowest BCUT2D eigenvalue weighted by Crippen LogP contribution is -2.37. The number of aryl methyl sites for hydroxylation is 1. The van der Waals surface area contributed by atoms with Gasteiger partial charge in [-0.15, -0.1) is 12.4 Å². The molecule has 0 bridgehead atoms. The predicted octanol–water partition coefficient (Wildman–Crippen LogP) is 2.38. The second kappa shape index (κ2) is 6.70. The first kappa shape index (κ1) is 16.2. The Morgan fingerprint density at radius 3 is 3.05 bits per heavy atom. The third kappa shape index (κ3) is 3.33. The number of carbonyl (C=O) groups excluding carboxylic acids is 1. The fourth-order valence-electron chi connectivity index (χ4n) is 2.66. The molecule has 0 saturated carbocycles. The molecule has 118 valence electrons. The highest BCUT2D eigenvalue weighted by molar-refractivity contribution is 5.93. The molecule has 1 aromatic carbocycles. The molecule has 0 atom stereocenters. The summed E-state index contributed by atoms with van der Waals surface area (Å²) in [5.41, 5.74) is 9.72. The molecule has 3 N–H and O–H groups in total. The van der Waals surface area contributed by atoms with E-state index in [1.54, 1.807) is 6.07 Å². The van der Waals surface area contributed by atoms with Crippen LogP contribution < -0.4 is 16.0 Å². The fraction of sp³-hybridized carbons (Fsp3) is 0.333. The van der Waals surface area contributed by atoms with Gasteiger partial charge < -0.3 is 15.2 Å². The second-order valence-electron chi connectivity index (χ2n) is 5.25. The zero-order valence-electron chi connectivity index (χ0n) is 12.3. The van der Waals surface area contributed by atoms with Crippen molar-refractivity contribution in [3.63, 3.8) is 0 Å². The van der Waals surface area contributed by atoms with Gasteiger partial charge in [-0.25, -0.2) is 0 Å². The van der Waals surface area contributed by atoms with Gasteiger partial charge >= 0.3 is 0 Å². The van der Waals surface area contributed by atoms with E-state index in [-0.39, 0.29) is 24.9 Å². The van der Waals surface area contributed by atoms with Crippen molar-refractivity contribution in [1.29, 1.82) is 0 Å². The first-order valence-corrected chi connectivity index (χ1v) is 6.99. The van der Waals surface area contributed by atoms with E-state index in [4.69, 9.17) is 10.3 Å². The summed E-state index contributed by atoms with van der Waals surface area (Å²) < 4.78 is 4.99. The molecular weight excluding hydrogens is 304 g/mol. The van der Waals surface area contributed by atoms with E-state index < -0.39 is 0 Å². The minimum atomic E-state index is -0.124. The maximum absolute atomic E-state index is 12.1. The number of nitrogens with zero attached hydrogens (tertiary/aromatic N) is 2. The number of aromatic nitrogens is 1. The van der Waals surface area contributed by atoms with Gasteiger partial charge in [-0.1, -0.05) is 11.2 Å². The summed E-state index contributed by atoms with van der Waals surface area (Å²) >= 11 is 0. The SMILES string of the molecule is Cc1cc(NC(=O)CN2CCCc3c(N)cccc32)on1.Cl. The standard InChI is InChI=1S/C15H18N4O2.ClH/c1-10-8-15(21-18-10)17-14(20)9-19-7-3-4-11-12(16)5-2-6-13(11)19;/h2,5-6,8H,3-4,7,9,16H2,1H3,(H,17,20);1H. The third-order valence-corrected chi connectivity index (χ3v) is 3.61. The van der Waals surface area contributed by atoms with Gasteiger partial charge in [0.05, 0.1) is 12.2 Å². The smallest absolute Gasteiger partial charge is 0.246 e. The predicted molar refractivity (Wildman–Crippen MR) is 88.5 cm³/mol. The van der Waals surface area contributed by atoms with Crippen LogP contribution in [-0.2, 0) is 11.2 Å². The molecule has 0 fully saturated rings. The minimum Gasteiger partial charge on any atom is -0.398 e. The molecule has 22 heavy (non-hydrogen) atoms. The summed E-state index contributed by atoms with van der Waals surface area (Å²) in [6.45, 7) is 2.93. The lowest BCUT2D eigenvalue weighted by molar-refractivity contribution is -0.115. The van der Waals surface area contributed by atoms with Gasteiger partial charge in [0.1, 0.15) is 0 Å². The summed E-state index contributed by atoms with van der Waals surface area (Å²) in [5, 5.41) is 6.46. The number of amides is 1. The average molecular weight is 323 g/mol. The van der Waals surface area contributed by atoms with Crippen LogP contribution in [0.25, 0.3) is 0 Å². The van der Waals surface area contributed by atoms with Gasteiger partial charge in [-0.3, -0.25) is 10.1 Å². The molecule has 1 aromatic heterocycles. The largest absolute Gasteiger partial charge is 0.398 e. The molecule has 1 aliphatic heterocycles. The van der Waals surface area contributed by atoms with E-state index in [1.165, 1.54) is 0 Å². The molecule has 0 aliphatic carbocycles. The molecule has 6 nitrogen and oxygen atoms in total. The van der Waals surface area contributed by atoms with Crippen molar-refractivity contribution in [2.75, 3.05) is 29.0 Å². The summed E-state index contributed by atoms with van der Waals surface area (Å²) in [6, 6.07) is 7.53. The highest BCUT2D eigenvalue weighted by Gasteiger charge is 2.20. The van der Waals surface area contributed by atoms with Crippen LogP contribution >= 0.6 is 12.4 Å². The van der Waals surface area contributed by atoms with E-state index in [2.05, 4.69) is 10.5 Å². The number of nitrogen functional groups attached to an aromatic ring is 1. The summed E-state index contributed by atoms with van der Waals surface area (Å²) in [6.07, 6.45) is 1.96. The normalized spacial score (nSPS) is 13.2. The van der Waals surface area contributed by atoms with Crippen molar-refractivity contribution in [2.24, 2.45) is 0 Å². The number of rotatable bonds is 3. The molecule has 2 aromatic rings. The highest BCUT2D eigenvalue weighted by Crippen LogP contribution is 2.30. The van der Waals surface area contributed by atoms with Crippen LogP contribution in [-0.4, -0.2) is 24.2 Å². The van der Waals surface area contributed by atoms with Crippen LogP contribution in [0.5, 0.6) is 0 Å². The van der Waals surface area contributed by atoms with Gasteiger partial charge in [0.25, 0.3) is 0 Å². The third-order valence-electron chi connectivity index (χ3n) is 3.61. The Morgan fingerprint density at radius 2 is 2.32 bits per heavy atom. The Labute approximate surface area is 135 Å². The van der Waals surface area contributed by atoms with Crippen LogP contribution in [0.15, 0.2) is 28.8 Å². The van der Waals surface area contributed by atoms with E-state index in [0.717, 1.165) is 42.0 Å². The molecule has 3 rings (SSSR count). The van der Waals surface area contributed by atoms with Gasteiger partial charge in [0, 0.05) is 24.0 Å². The van der Waals surface area contributed by atoms with Crippen molar-refractivity contribution in [3.05, 3.63) is 35.5 Å². The van der Waals surface area contributed by atoms with Gasteiger partial charge in [-0.2, -0.15) is 0 Å². The zero-order valence-corrected chi connectivity index (χ0v) is 13.2. The molecular formula is C15H19ClN4O2. The number of hydrogen-bond donors (Lipinski definition) is 2. The Morgan fingerprint density at radius 1 is 1.50 bits per heavy atom. The maximum atomic E-state index is 12.1. The first-order chi connectivity index (χ1) is 10.1. The van der Waals surface area contributed by atoms with Crippen LogP contribution in [0.3, 0.4) is 0 Å². The Kier molecular flexibility index (Phi) is 4.92. The number of nitrogens with two attached hydrogens (primary N) is 1. The lowest BCUT2D eigenvalue weighted by atomic mass is 10.00. The molecule has 0 saturated heterocycles. The molecule has 1 aliphatic rings. The number of anilines is 3. The van der Waals surface area contributed by atoms with Crippen LogP contribution in [0.2, 0.25) is 0 Å². The number of benzene rings is 1. The van der Waals surface area contributed by atoms with Crippen molar-refractivity contribution in [3.8, 4) is 0 Å². The van der Waals surface area contributed by atoms with Crippen molar-refractivity contribution >= 4 is 35.6 Å². The number of halogens is 1. The molecule has 2 heterocycles. The van der Waals surface area contributed by atoms with E-state index in [9.17, 15) is 4.79 Å². The number of carbonyl (C=O) groups is 1. The van der Waals surface area contributed by atoms with Crippen molar-refractivity contribution < 1.29 is 9.32 Å². The van der Waals surface area contributed by atoms with E-state index in [1.807, 2.05) is 30.0 Å².